The predicted octanol–water partition coefficient (Wildman–Crippen LogP) is 4.69. The molecule has 5 nitrogen and oxygen atoms in total. The molecule has 4 rings (SSSR count). The Hall–Kier alpha value is -3.47. The largest absolute Gasteiger partial charge is 0.366 e. The summed E-state index contributed by atoms with van der Waals surface area (Å²) in [4.78, 5) is 13.3. The average Bonchev–Trinajstić information content (AvgIpc) is 2.69. The number of hydrogen-bond acceptors (Lipinski definition) is 5. The van der Waals surface area contributed by atoms with Gasteiger partial charge in [0.15, 0.2) is 0 Å². The summed E-state index contributed by atoms with van der Waals surface area (Å²) in [6.07, 6.45) is 3.62. The van der Waals surface area contributed by atoms with E-state index >= 15 is 0 Å². The van der Waals surface area contributed by atoms with Crippen molar-refractivity contribution in [2.75, 3.05) is 10.6 Å². The zero-order valence-electron chi connectivity index (χ0n) is 14.5. The molecule has 0 fully saturated rings. The van der Waals surface area contributed by atoms with Crippen LogP contribution in [0.1, 0.15) is 11.1 Å². The second kappa shape index (κ2) is 7.19. The summed E-state index contributed by atoms with van der Waals surface area (Å²) in [5.41, 5.74) is 4.12. The van der Waals surface area contributed by atoms with Crippen LogP contribution in [-0.4, -0.2) is 15.0 Å². The molecule has 128 valence electrons. The van der Waals surface area contributed by atoms with Gasteiger partial charge < -0.3 is 10.6 Å². The first-order chi connectivity index (χ1) is 12.8. The highest BCUT2D eigenvalue weighted by Gasteiger charge is 2.05. The lowest BCUT2D eigenvalue weighted by Gasteiger charge is -2.11. The molecule has 0 aliphatic carbocycles. The molecule has 0 saturated carbocycles. The molecule has 0 spiro atoms. The number of hydrogen-bond donors (Lipinski definition) is 2. The van der Waals surface area contributed by atoms with E-state index in [2.05, 4.69) is 37.7 Å². The molecule has 0 aliphatic heterocycles. The molecule has 0 bridgehead atoms. The standard InChI is InChI=1S/C21H19N5/c1-15-13-24-21(26-20(15)23-14-16-6-3-2-4-7-16)25-18-9-10-19-17(12-18)8-5-11-22-19/h2-13H,14H2,1H3,(H2,23,24,25,26). The Labute approximate surface area is 152 Å². The molecule has 2 N–H and O–H groups in total. The maximum absolute atomic E-state index is 4.61. The SMILES string of the molecule is Cc1cnc(Nc2ccc3ncccc3c2)nc1NCc1ccccc1. The predicted molar refractivity (Wildman–Crippen MR) is 106 cm³/mol. The molecule has 26 heavy (non-hydrogen) atoms. The topological polar surface area (TPSA) is 62.7 Å². The molecule has 0 amide bonds. The molecular weight excluding hydrogens is 322 g/mol. The van der Waals surface area contributed by atoms with Crippen LogP contribution < -0.4 is 10.6 Å². The average molecular weight is 341 g/mol. The first-order valence-corrected chi connectivity index (χ1v) is 8.51. The summed E-state index contributed by atoms with van der Waals surface area (Å²) in [5, 5.41) is 7.73. The summed E-state index contributed by atoms with van der Waals surface area (Å²) in [7, 11) is 0. The Morgan fingerprint density at radius 2 is 1.81 bits per heavy atom. The molecule has 2 aromatic carbocycles. The van der Waals surface area contributed by atoms with Gasteiger partial charge in [0.2, 0.25) is 5.95 Å². The molecule has 2 aromatic heterocycles. The van der Waals surface area contributed by atoms with Gasteiger partial charge in [0, 0.05) is 35.6 Å². The summed E-state index contributed by atoms with van der Waals surface area (Å²) >= 11 is 0. The third-order valence-electron chi connectivity index (χ3n) is 4.13. The summed E-state index contributed by atoms with van der Waals surface area (Å²) in [6.45, 7) is 2.72. The molecule has 4 aromatic rings. The maximum atomic E-state index is 4.61. The molecule has 0 radical (unpaired) electrons. The first-order valence-electron chi connectivity index (χ1n) is 8.51. The molecule has 0 unspecified atom stereocenters. The first kappa shape index (κ1) is 16.0. The Kier molecular flexibility index (Phi) is 4.43. The van der Waals surface area contributed by atoms with Crippen molar-refractivity contribution in [3.63, 3.8) is 0 Å². The zero-order chi connectivity index (χ0) is 17.8. The van der Waals surface area contributed by atoms with Gasteiger partial charge >= 0.3 is 0 Å². The Bertz CT molecular complexity index is 1030. The van der Waals surface area contributed by atoms with Gasteiger partial charge in [-0.15, -0.1) is 0 Å². The minimum atomic E-state index is 0.564. The third-order valence-corrected chi connectivity index (χ3v) is 4.13. The lowest BCUT2D eigenvalue weighted by atomic mass is 10.2. The quantitative estimate of drug-likeness (QED) is 0.551. The summed E-state index contributed by atoms with van der Waals surface area (Å²) < 4.78 is 0. The highest BCUT2D eigenvalue weighted by atomic mass is 15.1. The van der Waals surface area contributed by atoms with Crippen LogP contribution in [0.2, 0.25) is 0 Å². The van der Waals surface area contributed by atoms with Crippen molar-refractivity contribution >= 4 is 28.4 Å². The fourth-order valence-electron chi connectivity index (χ4n) is 2.75. The smallest absolute Gasteiger partial charge is 0.229 e. The lowest BCUT2D eigenvalue weighted by Crippen LogP contribution is -2.06. The number of nitrogens with zero attached hydrogens (tertiary/aromatic N) is 3. The normalized spacial score (nSPS) is 10.7. The number of fused-ring (bicyclic) bond motifs is 1. The Morgan fingerprint density at radius 3 is 2.69 bits per heavy atom. The van der Waals surface area contributed by atoms with Gasteiger partial charge in [-0.3, -0.25) is 4.98 Å². The van der Waals surface area contributed by atoms with Crippen molar-refractivity contribution in [1.82, 2.24) is 15.0 Å². The van der Waals surface area contributed by atoms with Gasteiger partial charge in [-0.2, -0.15) is 4.98 Å². The minimum Gasteiger partial charge on any atom is -0.366 e. The van der Waals surface area contributed by atoms with Crippen molar-refractivity contribution in [3.05, 3.63) is 84.2 Å². The van der Waals surface area contributed by atoms with Gasteiger partial charge in [0.05, 0.1) is 5.52 Å². The number of aromatic nitrogens is 3. The molecule has 5 heteroatoms. The van der Waals surface area contributed by atoms with E-state index in [4.69, 9.17) is 0 Å². The van der Waals surface area contributed by atoms with Crippen LogP contribution in [0.3, 0.4) is 0 Å². The van der Waals surface area contributed by atoms with E-state index in [0.717, 1.165) is 34.5 Å². The van der Waals surface area contributed by atoms with Crippen LogP contribution in [0.5, 0.6) is 0 Å². The molecule has 0 saturated heterocycles. The highest BCUT2D eigenvalue weighted by molar-refractivity contribution is 5.82. The van der Waals surface area contributed by atoms with Crippen molar-refractivity contribution < 1.29 is 0 Å². The number of aryl methyl sites for hydroxylation is 1. The van der Waals surface area contributed by atoms with Crippen LogP contribution in [0.25, 0.3) is 10.9 Å². The fraction of sp³-hybridized carbons (Fsp3) is 0.0952. The van der Waals surface area contributed by atoms with Crippen LogP contribution in [0, 0.1) is 6.92 Å². The molecule has 0 atom stereocenters. The Balaban J connectivity index is 1.53. The van der Waals surface area contributed by atoms with Crippen LogP contribution >= 0.6 is 0 Å². The number of pyridine rings is 1. The van der Waals surface area contributed by atoms with E-state index in [9.17, 15) is 0 Å². The zero-order valence-corrected chi connectivity index (χ0v) is 14.5. The third kappa shape index (κ3) is 3.62. The second-order valence-electron chi connectivity index (χ2n) is 6.10. The minimum absolute atomic E-state index is 0.564. The van der Waals surface area contributed by atoms with E-state index in [0.29, 0.717) is 5.95 Å². The van der Waals surface area contributed by atoms with Gasteiger partial charge in [0.1, 0.15) is 5.82 Å². The number of anilines is 3. The number of benzene rings is 2. The van der Waals surface area contributed by atoms with E-state index in [1.807, 2.05) is 61.7 Å². The van der Waals surface area contributed by atoms with E-state index < -0.39 is 0 Å². The van der Waals surface area contributed by atoms with E-state index in [-0.39, 0.29) is 0 Å². The van der Waals surface area contributed by atoms with Gasteiger partial charge in [-0.1, -0.05) is 36.4 Å². The summed E-state index contributed by atoms with van der Waals surface area (Å²) in [6, 6.07) is 20.2. The molecule has 0 aliphatic rings. The maximum Gasteiger partial charge on any atom is 0.229 e. The van der Waals surface area contributed by atoms with Crippen molar-refractivity contribution in [2.24, 2.45) is 0 Å². The number of rotatable bonds is 5. The molecule has 2 heterocycles. The fourth-order valence-corrected chi connectivity index (χ4v) is 2.75. The monoisotopic (exact) mass is 341 g/mol. The van der Waals surface area contributed by atoms with Gasteiger partial charge in [0.25, 0.3) is 0 Å². The van der Waals surface area contributed by atoms with E-state index in [1.165, 1.54) is 5.56 Å². The van der Waals surface area contributed by atoms with Gasteiger partial charge in [-0.05, 0) is 36.8 Å². The van der Waals surface area contributed by atoms with Crippen LogP contribution in [0.4, 0.5) is 17.5 Å². The van der Waals surface area contributed by atoms with Crippen molar-refractivity contribution in [3.8, 4) is 0 Å². The lowest BCUT2D eigenvalue weighted by molar-refractivity contribution is 1.06. The van der Waals surface area contributed by atoms with E-state index in [1.54, 1.807) is 6.20 Å². The summed E-state index contributed by atoms with van der Waals surface area (Å²) in [5.74, 6) is 1.39. The van der Waals surface area contributed by atoms with Gasteiger partial charge in [-0.25, -0.2) is 4.98 Å². The molecular formula is C21H19N5. The second-order valence-corrected chi connectivity index (χ2v) is 6.10. The van der Waals surface area contributed by atoms with Crippen LogP contribution in [-0.2, 0) is 6.54 Å². The van der Waals surface area contributed by atoms with Crippen molar-refractivity contribution in [2.45, 2.75) is 13.5 Å². The highest BCUT2D eigenvalue weighted by Crippen LogP contribution is 2.21. The van der Waals surface area contributed by atoms with Crippen molar-refractivity contribution in [1.29, 1.82) is 0 Å². The Morgan fingerprint density at radius 1 is 0.923 bits per heavy atom. The van der Waals surface area contributed by atoms with Crippen LogP contribution in [0.15, 0.2) is 73.1 Å². The number of nitrogens with one attached hydrogen (secondary N) is 2.